The van der Waals surface area contributed by atoms with Crippen molar-refractivity contribution in [1.82, 2.24) is 15.2 Å². The maximum Gasteiger partial charge on any atom is 0.335 e. The summed E-state index contributed by atoms with van der Waals surface area (Å²) in [6.45, 7) is 3.78. The molecule has 9 nitrogen and oxygen atoms in total. The summed E-state index contributed by atoms with van der Waals surface area (Å²) in [6, 6.07) is 3.08. The standard InChI is InChI=1S/C18H28N6O3/c1-18(22-11-16(25)24-13(19)2-3-14(24)20)5-8-23(9-6-18)15-10-12(17(26)27)4-7-21-15/h4,7,10,13-14,22H,2-3,5-6,8-9,11,19-20H2,1H3,(H,26,27)/t13-,14+. The second-order valence-corrected chi connectivity index (χ2v) is 7.62. The van der Waals surface area contributed by atoms with E-state index in [-0.39, 0.29) is 35.9 Å². The number of nitrogens with two attached hydrogens (primary N) is 2. The predicted octanol–water partition coefficient (Wildman–Crippen LogP) is -0.0797. The van der Waals surface area contributed by atoms with Gasteiger partial charge in [0, 0.05) is 24.8 Å². The molecule has 3 heterocycles. The van der Waals surface area contributed by atoms with Gasteiger partial charge in [-0.1, -0.05) is 0 Å². The summed E-state index contributed by atoms with van der Waals surface area (Å²) in [5, 5.41) is 12.5. The summed E-state index contributed by atoms with van der Waals surface area (Å²) in [4.78, 5) is 31.5. The van der Waals surface area contributed by atoms with Gasteiger partial charge in [0.15, 0.2) is 0 Å². The van der Waals surface area contributed by atoms with Crippen LogP contribution in [-0.4, -0.2) is 64.4 Å². The van der Waals surface area contributed by atoms with Crippen LogP contribution in [0.15, 0.2) is 18.3 Å². The van der Waals surface area contributed by atoms with E-state index in [1.807, 2.05) is 0 Å². The normalized spacial score (nSPS) is 24.9. The van der Waals surface area contributed by atoms with Gasteiger partial charge in [0.25, 0.3) is 0 Å². The molecule has 9 heteroatoms. The average Bonchev–Trinajstić information content (AvgIpc) is 2.99. The third-order valence-corrected chi connectivity index (χ3v) is 5.61. The van der Waals surface area contributed by atoms with Crippen molar-refractivity contribution in [2.45, 2.75) is 50.5 Å². The summed E-state index contributed by atoms with van der Waals surface area (Å²) in [5.74, 6) is -0.354. The van der Waals surface area contributed by atoms with Crippen molar-refractivity contribution in [3.63, 3.8) is 0 Å². The first-order chi connectivity index (χ1) is 12.8. The maximum absolute atomic E-state index is 12.5. The van der Waals surface area contributed by atoms with Crippen molar-refractivity contribution in [3.05, 3.63) is 23.9 Å². The highest BCUT2D eigenvalue weighted by Crippen LogP contribution is 2.26. The zero-order valence-corrected chi connectivity index (χ0v) is 15.6. The number of carbonyl (C=O) groups is 2. The van der Waals surface area contributed by atoms with E-state index in [4.69, 9.17) is 16.6 Å². The molecule has 2 atom stereocenters. The summed E-state index contributed by atoms with van der Waals surface area (Å²) >= 11 is 0. The molecule has 2 aliphatic heterocycles. The monoisotopic (exact) mass is 376 g/mol. The van der Waals surface area contributed by atoms with E-state index in [2.05, 4.69) is 22.1 Å². The molecule has 0 aromatic carbocycles. The molecule has 6 N–H and O–H groups in total. The lowest BCUT2D eigenvalue weighted by Gasteiger charge is -2.41. The Morgan fingerprint density at radius 2 is 1.93 bits per heavy atom. The van der Waals surface area contributed by atoms with Crippen molar-refractivity contribution < 1.29 is 14.7 Å². The van der Waals surface area contributed by atoms with Crippen molar-refractivity contribution in [2.24, 2.45) is 11.5 Å². The summed E-state index contributed by atoms with van der Waals surface area (Å²) < 4.78 is 0. The quantitative estimate of drug-likeness (QED) is 0.560. The molecule has 27 heavy (non-hydrogen) atoms. The molecule has 148 valence electrons. The van der Waals surface area contributed by atoms with Crippen LogP contribution >= 0.6 is 0 Å². The third-order valence-electron chi connectivity index (χ3n) is 5.61. The van der Waals surface area contributed by atoms with Crippen molar-refractivity contribution in [2.75, 3.05) is 24.5 Å². The first-order valence-electron chi connectivity index (χ1n) is 9.31. The number of piperidine rings is 1. The number of hydrogen-bond donors (Lipinski definition) is 4. The van der Waals surface area contributed by atoms with Crippen LogP contribution in [0.3, 0.4) is 0 Å². The lowest BCUT2D eigenvalue weighted by atomic mass is 9.89. The van der Waals surface area contributed by atoms with Crippen LogP contribution in [0.4, 0.5) is 5.82 Å². The van der Waals surface area contributed by atoms with Crippen molar-refractivity contribution in [1.29, 1.82) is 0 Å². The van der Waals surface area contributed by atoms with Crippen LogP contribution in [0.2, 0.25) is 0 Å². The number of carboxylic acid groups (broad SMARTS) is 1. The van der Waals surface area contributed by atoms with Crippen molar-refractivity contribution >= 4 is 17.7 Å². The van der Waals surface area contributed by atoms with Gasteiger partial charge in [0.05, 0.1) is 24.4 Å². The lowest BCUT2D eigenvalue weighted by Crippen LogP contribution is -2.57. The second kappa shape index (κ2) is 7.79. The fourth-order valence-corrected chi connectivity index (χ4v) is 3.75. The summed E-state index contributed by atoms with van der Waals surface area (Å²) in [7, 11) is 0. The van der Waals surface area contributed by atoms with Crippen molar-refractivity contribution in [3.8, 4) is 0 Å². The Bertz CT molecular complexity index is 694. The molecule has 0 aliphatic carbocycles. The molecule has 0 bridgehead atoms. The number of anilines is 1. The fourth-order valence-electron chi connectivity index (χ4n) is 3.75. The topological polar surface area (TPSA) is 138 Å². The van der Waals surface area contributed by atoms with E-state index in [1.165, 1.54) is 12.3 Å². The van der Waals surface area contributed by atoms with E-state index in [9.17, 15) is 9.59 Å². The third kappa shape index (κ3) is 4.37. The summed E-state index contributed by atoms with van der Waals surface area (Å²) in [5.41, 5.74) is 12.0. The number of nitrogens with zero attached hydrogens (tertiary/aromatic N) is 3. The van der Waals surface area contributed by atoms with E-state index >= 15 is 0 Å². The van der Waals surface area contributed by atoms with Crippen LogP contribution in [0.1, 0.15) is 43.0 Å². The van der Waals surface area contributed by atoms with Gasteiger partial charge in [-0.3, -0.25) is 4.79 Å². The van der Waals surface area contributed by atoms with E-state index in [0.717, 1.165) is 38.8 Å². The molecule has 0 unspecified atom stereocenters. The predicted molar refractivity (Wildman–Crippen MR) is 101 cm³/mol. The molecule has 2 fully saturated rings. The Morgan fingerprint density at radius 3 is 2.52 bits per heavy atom. The Balaban J connectivity index is 1.54. The van der Waals surface area contributed by atoms with Gasteiger partial charge in [-0.2, -0.15) is 0 Å². The minimum atomic E-state index is -0.959. The number of amides is 1. The number of aromatic nitrogens is 1. The fraction of sp³-hybridized carbons (Fsp3) is 0.611. The number of nitrogens with one attached hydrogen (secondary N) is 1. The number of aromatic carboxylic acids is 1. The van der Waals surface area contributed by atoms with Gasteiger partial charge in [0.1, 0.15) is 5.82 Å². The highest BCUT2D eigenvalue weighted by molar-refractivity contribution is 5.88. The molecule has 2 aliphatic rings. The first kappa shape index (κ1) is 19.5. The summed E-state index contributed by atoms with van der Waals surface area (Å²) in [6.07, 6.45) is 4.04. The molecule has 3 rings (SSSR count). The average molecular weight is 376 g/mol. The SMILES string of the molecule is CC1(NCC(=O)N2[C@H](N)CC[C@@H]2N)CCN(c2cc(C(=O)O)ccn2)CC1. The molecule has 1 aromatic heterocycles. The van der Waals surface area contributed by atoms with Crippen LogP contribution < -0.4 is 21.7 Å². The Hall–Kier alpha value is -2.23. The molecule has 1 amide bonds. The zero-order valence-electron chi connectivity index (χ0n) is 15.6. The Labute approximate surface area is 158 Å². The lowest BCUT2D eigenvalue weighted by molar-refractivity contribution is -0.133. The van der Waals surface area contributed by atoms with Gasteiger partial charge in [-0.05, 0) is 44.7 Å². The molecular formula is C18H28N6O3. The number of carbonyl (C=O) groups excluding carboxylic acids is 1. The van der Waals surface area contributed by atoms with Gasteiger partial charge < -0.3 is 31.7 Å². The van der Waals surface area contributed by atoms with Gasteiger partial charge in [-0.15, -0.1) is 0 Å². The largest absolute Gasteiger partial charge is 0.478 e. The van der Waals surface area contributed by atoms with Crippen LogP contribution in [0.5, 0.6) is 0 Å². The van der Waals surface area contributed by atoms with Gasteiger partial charge in [0.2, 0.25) is 5.91 Å². The molecular weight excluding hydrogens is 348 g/mol. The van der Waals surface area contributed by atoms with Gasteiger partial charge >= 0.3 is 5.97 Å². The Morgan fingerprint density at radius 1 is 1.30 bits per heavy atom. The highest BCUT2D eigenvalue weighted by atomic mass is 16.4. The second-order valence-electron chi connectivity index (χ2n) is 7.62. The van der Waals surface area contributed by atoms with Crippen LogP contribution in [-0.2, 0) is 4.79 Å². The van der Waals surface area contributed by atoms with E-state index in [1.54, 1.807) is 11.0 Å². The molecule has 0 spiro atoms. The number of likely N-dealkylation sites (tertiary alicyclic amines) is 1. The molecule has 1 aromatic rings. The molecule has 0 saturated carbocycles. The Kier molecular flexibility index (Phi) is 5.64. The number of pyridine rings is 1. The van der Waals surface area contributed by atoms with Crippen LogP contribution in [0, 0.1) is 0 Å². The van der Waals surface area contributed by atoms with E-state index < -0.39 is 5.97 Å². The minimum absolute atomic E-state index is 0.0630. The van der Waals surface area contributed by atoms with Crippen LogP contribution in [0.25, 0.3) is 0 Å². The minimum Gasteiger partial charge on any atom is -0.478 e. The van der Waals surface area contributed by atoms with E-state index in [0.29, 0.717) is 5.82 Å². The highest BCUT2D eigenvalue weighted by Gasteiger charge is 2.35. The molecule has 2 saturated heterocycles. The molecule has 0 radical (unpaired) electrons. The smallest absolute Gasteiger partial charge is 0.335 e. The van der Waals surface area contributed by atoms with Gasteiger partial charge in [-0.25, -0.2) is 9.78 Å². The first-order valence-corrected chi connectivity index (χ1v) is 9.31. The zero-order chi connectivity index (χ0) is 19.6. The number of carboxylic acids is 1. The number of hydrogen-bond acceptors (Lipinski definition) is 7. The number of rotatable bonds is 5. The maximum atomic E-state index is 12.5.